The molecule has 0 radical (unpaired) electrons. The van der Waals surface area contributed by atoms with E-state index in [1.165, 1.54) is 0 Å². The monoisotopic (exact) mass is 242 g/mol. The third-order valence-corrected chi connectivity index (χ3v) is 2.56. The summed E-state index contributed by atoms with van der Waals surface area (Å²) in [5, 5.41) is 0. The van der Waals surface area contributed by atoms with Gasteiger partial charge in [0, 0.05) is 39.3 Å². The van der Waals surface area contributed by atoms with Crippen LogP contribution in [0.4, 0.5) is 11.8 Å². The van der Waals surface area contributed by atoms with Crippen LogP contribution in [0.1, 0.15) is 13.3 Å². The minimum atomic E-state index is 0.683. The number of alkyl halides is 1. The van der Waals surface area contributed by atoms with Gasteiger partial charge in [0.2, 0.25) is 5.95 Å². The molecule has 0 unspecified atom stereocenters. The molecule has 0 fully saturated rings. The van der Waals surface area contributed by atoms with Gasteiger partial charge in [-0.05, 0) is 19.4 Å². The van der Waals surface area contributed by atoms with Crippen LogP contribution in [0, 0.1) is 0 Å². The third kappa shape index (κ3) is 3.52. The first-order valence-corrected chi connectivity index (χ1v) is 6.03. The van der Waals surface area contributed by atoms with E-state index in [1.807, 2.05) is 25.1 Å². The Hall–Kier alpha value is -1.03. The zero-order chi connectivity index (χ0) is 12.0. The van der Waals surface area contributed by atoms with E-state index in [0.29, 0.717) is 5.88 Å². The normalized spacial score (nSPS) is 10.2. The molecule has 0 saturated carbocycles. The maximum Gasteiger partial charge on any atom is 0.226 e. The smallest absolute Gasteiger partial charge is 0.226 e. The number of aromatic nitrogens is 2. The van der Waals surface area contributed by atoms with Crippen LogP contribution in [0.25, 0.3) is 0 Å². The number of hydrogen-bond donors (Lipinski definition) is 0. The molecule has 90 valence electrons. The summed E-state index contributed by atoms with van der Waals surface area (Å²) in [6.07, 6.45) is 2.76. The van der Waals surface area contributed by atoms with Crippen LogP contribution in [-0.4, -0.2) is 43.0 Å². The van der Waals surface area contributed by atoms with Gasteiger partial charge in [0.25, 0.3) is 0 Å². The second kappa shape index (κ2) is 6.53. The van der Waals surface area contributed by atoms with Gasteiger partial charge < -0.3 is 9.80 Å². The molecule has 0 N–H and O–H groups in total. The molecule has 0 aromatic carbocycles. The Morgan fingerprint density at radius 3 is 2.69 bits per heavy atom. The van der Waals surface area contributed by atoms with Gasteiger partial charge in [-0.25, -0.2) is 4.98 Å². The molecule has 16 heavy (non-hydrogen) atoms. The van der Waals surface area contributed by atoms with Gasteiger partial charge in [-0.2, -0.15) is 4.98 Å². The highest BCUT2D eigenvalue weighted by Gasteiger charge is 2.07. The second-order valence-electron chi connectivity index (χ2n) is 3.73. The fourth-order valence-electron chi connectivity index (χ4n) is 1.42. The largest absolute Gasteiger partial charge is 0.357 e. The highest BCUT2D eigenvalue weighted by atomic mass is 35.5. The van der Waals surface area contributed by atoms with E-state index in [0.717, 1.165) is 31.3 Å². The van der Waals surface area contributed by atoms with Crippen LogP contribution < -0.4 is 9.80 Å². The number of rotatable bonds is 6. The summed E-state index contributed by atoms with van der Waals surface area (Å²) in [6, 6.07) is 1.94. The third-order valence-electron chi connectivity index (χ3n) is 2.30. The van der Waals surface area contributed by atoms with Crippen LogP contribution in [-0.2, 0) is 0 Å². The molecule has 1 heterocycles. The minimum Gasteiger partial charge on any atom is -0.357 e. The SMILES string of the molecule is CCN(CCCCl)c1ccnc(N(C)C)n1. The summed E-state index contributed by atoms with van der Waals surface area (Å²) in [4.78, 5) is 12.8. The van der Waals surface area contributed by atoms with Crippen molar-refractivity contribution in [2.45, 2.75) is 13.3 Å². The van der Waals surface area contributed by atoms with Crippen molar-refractivity contribution in [2.75, 3.05) is 42.9 Å². The van der Waals surface area contributed by atoms with E-state index in [9.17, 15) is 0 Å². The van der Waals surface area contributed by atoms with Crippen LogP contribution in [0.5, 0.6) is 0 Å². The molecule has 0 aliphatic heterocycles. The van der Waals surface area contributed by atoms with Crippen LogP contribution in [0.15, 0.2) is 12.3 Å². The highest BCUT2D eigenvalue weighted by Crippen LogP contribution is 2.13. The van der Waals surface area contributed by atoms with Crippen molar-refractivity contribution in [3.05, 3.63) is 12.3 Å². The van der Waals surface area contributed by atoms with E-state index in [1.54, 1.807) is 6.20 Å². The zero-order valence-electron chi connectivity index (χ0n) is 10.1. The van der Waals surface area contributed by atoms with Crippen molar-refractivity contribution in [1.82, 2.24) is 9.97 Å². The number of anilines is 2. The summed E-state index contributed by atoms with van der Waals surface area (Å²) in [7, 11) is 3.88. The summed E-state index contributed by atoms with van der Waals surface area (Å²) < 4.78 is 0. The Morgan fingerprint density at radius 2 is 2.12 bits per heavy atom. The summed E-state index contributed by atoms with van der Waals surface area (Å²) in [5.41, 5.74) is 0. The Kier molecular flexibility index (Phi) is 5.32. The topological polar surface area (TPSA) is 32.3 Å². The Labute approximate surface area is 102 Å². The van der Waals surface area contributed by atoms with Crippen molar-refractivity contribution in [3.63, 3.8) is 0 Å². The van der Waals surface area contributed by atoms with Crippen molar-refractivity contribution in [2.24, 2.45) is 0 Å². The molecular weight excluding hydrogens is 224 g/mol. The molecule has 1 aromatic heterocycles. The molecule has 1 rings (SSSR count). The molecule has 5 heteroatoms. The van der Waals surface area contributed by atoms with E-state index in [-0.39, 0.29) is 0 Å². The zero-order valence-corrected chi connectivity index (χ0v) is 10.9. The maximum absolute atomic E-state index is 5.70. The van der Waals surface area contributed by atoms with Crippen molar-refractivity contribution >= 4 is 23.4 Å². The average molecular weight is 243 g/mol. The molecular formula is C11H19ClN4. The summed E-state index contributed by atoms with van der Waals surface area (Å²) in [5.74, 6) is 2.38. The Balaban J connectivity index is 2.79. The minimum absolute atomic E-state index is 0.683. The lowest BCUT2D eigenvalue weighted by Crippen LogP contribution is -2.26. The van der Waals surface area contributed by atoms with E-state index >= 15 is 0 Å². The lowest BCUT2D eigenvalue weighted by molar-refractivity contribution is 0.777. The fraction of sp³-hybridized carbons (Fsp3) is 0.636. The van der Waals surface area contributed by atoms with E-state index < -0.39 is 0 Å². The maximum atomic E-state index is 5.70. The van der Waals surface area contributed by atoms with Crippen LogP contribution in [0.3, 0.4) is 0 Å². The Morgan fingerprint density at radius 1 is 1.38 bits per heavy atom. The first-order valence-electron chi connectivity index (χ1n) is 5.50. The molecule has 0 aliphatic carbocycles. The molecule has 0 atom stereocenters. The van der Waals surface area contributed by atoms with Gasteiger partial charge in [0.1, 0.15) is 5.82 Å². The molecule has 4 nitrogen and oxygen atoms in total. The number of hydrogen-bond acceptors (Lipinski definition) is 4. The fourth-order valence-corrected chi connectivity index (χ4v) is 1.54. The van der Waals surface area contributed by atoms with Gasteiger partial charge in [-0.1, -0.05) is 0 Å². The van der Waals surface area contributed by atoms with Gasteiger partial charge >= 0.3 is 0 Å². The van der Waals surface area contributed by atoms with Crippen molar-refractivity contribution < 1.29 is 0 Å². The predicted octanol–water partition coefficient (Wildman–Crippen LogP) is 2.00. The standard InChI is InChI=1S/C11H19ClN4/c1-4-16(9-5-7-12)10-6-8-13-11(14-10)15(2)3/h6,8H,4-5,7,9H2,1-3H3. The van der Waals surface area contributed by atoms with Gasteiger partial charge in [-0.15, -0.1) is 11.6 Å². The predicted molar refractivity (Wildman–Crippen MR) is 69.6 cm³/mol. The summed E-state index contributed by atoms with van der Waals surface area (Å²) in [6.45, 7) is 3.98. The molecule has 0 bridgehead atoms. The van der Waals surface area contributed by atoms with Crippen LogP contribution in [0.2, 0.25) is 0 Å². The van der Waals surface area contributed by atoms with Gasteiger partial charge in [0.05, 0.1) is 0 Å². The lowest BCUT2D eigenvalue weighted by Gasteiger charge is -2.22. The quantitative estimate of drug-likeness (QED) is 0.715. The first kappa shape index (κ1) is 13.0. The summed E-state index contributed by atoms with van der Waals surface area (Å²) >= 11 is 5.70. The second-order valence-corrected chi connectivity index (χ2v) is 4.11. The molecule has 0 amide bonds. The highest BCUT2D eigenvalue weighted by molar-refractivity contribution is 6.17. The molecule has 0 aliphatic rings. The number of nitrogens with zero attached hydrogens (tertiary/aromatic N) is 4. The number of halogens is 1. The van der Waals surface area contributed by atoms with Gasteiger partial charge in [-0.3, -0.25) is 0 Å². The van der Waals surface area contributed by atoms with Gasteiger partial charge in [0.15, 0.2) is 0 Å². The van der Waals surface area contributed by atoms with E-state index in [2.05, 4.69) is 21.8 Å². The van der Waals surface area contributed by atoms with Crippen molar-refractivity contribution in [1.29, 1.82) is 0 Å². The van der Waals surface area contributed by atoms with E-state index in [4.69, 9.17) is 11.6 Å². The molecule has 0 spiro atoms. The first-order chi connectivity index (χ1) is 7.69. The average Bonchev–Trinajstić information content (AvgIpc) is 2.30. The van der Waals surface area contributed by atoms with Crippen LogP contribution >= 0.6 is 11.6 Å². The van der Waals surface area contributed by atoms with Crippen molar-refractivity contribution in [3.8, 4) is 0 Å². The lowest BCUT2D eigenvalue weighted by atomic mass is 10.4. The molecule has 0 saturated heterocycles. The molecule has 1 aromatic rings. The Bertz CT molecular complexity index is 317.